The minimum atomic E-state index is 0.355. The molecular weight excluding hydrogens is 285 g/mol. The van der Waals surface area contributed by atoms with Crippen molar-refractivity contribution in [1.82, 2.24) is 0 Å². The summed E-state index contributed by atoms with van der Waals surface area (Å²) < 4.78 is 11.0. The summed E-state index contributed by atoms with van der Waals surface area (Å²) in [7, 11) is 0. The van der Waals surface area contributed by atoms with Crippen molar-refractivity contribution in [3.8, 4) is 11.5 Å². The Morgan fingerprint density at radius 2 is 1.42 bits per heavy atom. The van der Waals surface area contributed by atoms with Gasteiger partial charge in [-0.2, -0.15) is 0 Å². The van der Waals surface area contributed by atoms with Crippen LogP contribution in [0.3, 0.4) is 0 Å². The van der Waals surface area contributed by atoms with Gasteiger partial charge in [-0.3, -0.25) is 0 Å². The Morgan fingerprint density at radius 1 is 0.842 bits per heavy atom. The zero-order valence-electron chi connectivity index (χ0n) is 10.1. The molecule has 0 atom stereocenters. The van der Waals surface area contributed by atoms with Crippen molar-refractivity contribution in [3.05, 3.63) is 52.5 Å². The number of nitrogens with two attached hydrogens (primary N) is 1. The first-order valence-corrected chi connectivity index (χ1v) is 6.47. The van der Waals surface area contributed by atoms with Gasteiger partial charge < -0.3 is 15.2 Å². The maximum atomic E-state index is 5.98. The Hall–Kier alpha value is -1.58. The maximum Gasteiger partial charge on any atom is 0.156 e. The van der Waals surface area contributed by atoms with Gasteiger partial charge in [0.15, 0.2) is 5.75 Å². The molecule has 0 aliphatic carbocycles. The van der Waals surface area contributed by atoms with Crippen molar-refractivity contribution < 1.29 is 9.47 Å². The highest BCUT2D eigenvalue weighted by molar-refractivity contribution is 6.37. The van der Waals surface area contributed by atoms with E-state index < -0.39 is 0 Å². The second-order valence-corrected chi connectivity index (χ2v) is 4.63. The summed E-state index contributed by atoms with van der Waals surface area (Å²) in [6.45, 7) is 0.749. The van der Waals surface area contributed by atoms with E-state index in [9.17, 15) is 0 Å². The number of benzene rings is 2. The fourth-order valence-corrected chi connectivity index (χ4v) is 1.99. The number of para-hydroxylation sites is 1. The van der Waals surface area contributed by atoms with Crippen molar-refractivity contribution in [3.63, 3.8) is 0 Å². The molecule has 19 heavy (non-hydrogen) atoms. The molecule has 0 bridgehead atoms. The second kappa shape index (κ2) is 6.55. The Bertz CT molecular complexity index is 523. The lowest BCUT2D eigenvalue weighted by Crippen LogP contribution is -2.09. The Balaban J connectivity index is 1.82. The Morgan fingerprint density at radius 3 is 2.05 bits per heavy atom. The van der Waals surface area contributed by atoms with Crippen LogP contribution in [-0.4, -0.2) is 13.2 Å². The monoisotopic (exact) mass is 297 g/mol. The van der Waals surface area contributed by atoms with Crippen LogP contribution in [0.25, 0.3) is 0 Å². The molecule has 0 aliphatic heterocycles. The standard InChI is InChI=1S/C14H13Cl2NO2/c15-12-2-1-3-13(16)14(12)19-9-8-18-11-6-4-10(17)5-7-11/h1-7H,8-9,17H2. The summed E-state index contributed by atoms with van der Waals surface area (Å²) >= 11 is 12.0. The molecule has 2 rings (SSSR count). The summed E-state index contributed by atoms with van der Waals surface area (Å²) in [4.78, 5) is 0. The zero-order chi connectivity index (χ0) is 13.7. The van der Waals surface area contributed by atoms with E-state index in [1.54, 1.807) is 42.5 Å². The molecular formula is C14H13Cl2NO2. The first-order valence-electron chi connectivity index (χ1n) is 5.72. The summed E-state index contributed by atoms with van der Waals surface area (Å²) in [5.74, 6) is 1.22. The highest BCUT2D eigenvalue weighted by Crippen LogP contribution is 2.32. The lowest BCUT2D eigenvalue weighted by Gasteiger charge is -2.10. The van der Waals surface area contributed by atoms with Gasteiger partial charge in [-0.05, 0) is 36.4 Å². The van der Waals surface area contributed by atoms with Crippen molar-refractivity contribution in [1.29, 1.82) is 0 Å². The van der Waals surface area contributed by atoms with Crippen LogP contribution < -0.4 is 15.2 Å². The molecule has 2 aromatic rings. The lowest BCUT2D eigenvalue weighted by molar-refractivity contribution is 0.217. The smallest absolute Gasteiger partial charge is 0.156 e. The first kappa shape index (κ1) is 13.8. The van der Waals surface area contributed by atoms with E-state index in [1.807, 2.05) is 0 Å². The molecule has 2 N–H and O–H groups in total. The molecule has 3 nitrogen and oxygen atoms in total. The van der Waals surface area contributed by atoms with Gasteiger partial charge in [-0.1, -0.05) is 29.3 Å². The third kappa shape index (κ3) is 3.94. The Kier molecular flexibility index (Phi) is 4.77. The van der Waals surface area contributed by atoms with Gasteiger partial charge in [-0.15, -0.1) is 0 Å². The highest BCUT2D eigenvalue weighted by Gasteiger charge is 2.06. The van der Waals surface area contributed by atoms with Crippen LogP contribution in [0.1, 0.15) is 0 Å². The van der Waals surface area contributed by atoms with Crippen molar-refractivity contribution >= 4 is 28.9 Å². The van der Waals surface area contributed by atoms with Crippen LogP contribution in [0.2, 0.25) is 10.0 Å². The molecule has 5 heteroatoms. The van der Waals surface area contributed by atoms with Crippen LogP contribution in [-0.2, 0) is 0 Å². The van der Waals surface area contributed by atoms with Crippen LogP contribution in [0, 0.1) is 0 Å². The molecule has 0 spiro atoms. The summed E-state index contributed by atoms with van der Waals surface area (Å²) in [6, 6.07) is 12.4. The van der Waals surface area contributed by atoms with Crippen molar-refractivity contribution in [2.24, 2.45) is 0 Å². The minimum absolute atomic E-state index is 0.355. The first-order chi connectivity index (χ1) is 9.16. The fraction of sp³-hybridized carbons (Fsp3) is 0.143. The number of anilines is 1. The number of nitrogen functional groups attached to an aromatic ring is 1. The summed E-state index contributed by atoms with van der Waals surface area (Å²) in [5, 5.41) is 0.972. The van der Waals surface area contributed by atoms with Gasteiger partial charge in [0.1, 0.15) is 19.0 Å². The van der Waals surface area contributed by atoms with E-state index in [1.165, 1.54) is 0 Å². The van der Waals surface area contributed by atoms with Crippen molar-refractivity contribution in [2.45, 2.75) is 0 Å². The molecule has 2 aromatic carbocycles. The second-order valence-electron chi connectivity index (χ2n) is 3.82. The molecule has 0 aliphatic rings. The quantitative estimate of drug-likeness (QED) is 0.669. The van der Waals surface area contributed by atoms with Gasteiger partial charge in [0.05, 0.1) is 10.0 Å². The average Bonchev–Trinajstić information content (AvgIpc) is 2.39. The van der Waals surface area contributed by atoms with Gasteiger partial charge >= 0.3 is 0 Å². The van der Waals surface area contributed by atoms with Crippen LogP contribution in [0.5, 0.6) is 11.5 Å². The molecule has 0 saturated carbocycles. The fourth-order valence-electron chi connectivity index (χ4n) is 1.49. The molecule has 0 heterocycles. The van der Waals surface area contributed by atoms with E-state index in [2.05, 4.69) is 0 Å². The number of rotatable bonds is 5. The van der Waals surface area contributed by atoms with Crippen LogP contribution >= 0.6 is 23.2 Å². The average molecular weight is 298 g/mol. The van der Waals surface area contributed by atoms with E-state index in [-0.39, 0.29) is 0 Å². The Labute approximate surface area is 121 Å². The molecule has 100 valence electrons. The van der Waals surface area contributed by atoms with Crippen molar-refractivity contribution in [2.75, 3.05) is 18.9 Å². The van der Waals surface area contributed by atoms with E-state index in [0.717, 1.165) is 5.75 Å². The normalized spacial score (nSPS) is 10.2. The lowest BCUT2D eigenvalue weighted by atomic mass is 10.3. The van der Waals surface area contributed by atoms with Gasteiger partial charge in [0, 0.05) is 5.69 Å². The SMILES string of the molecule is Nc1ccc(OCCOc2c(Cl)cccc2Cl)cc1. The number of ether oxygens (including phenoxy) is 2. The summed E-state index contributed by atoms with van der Waals surface area (Å²) in [6.07, 6.45) is 0. The van der Waals surface area contributed by atoms with E-state index in [4.69, 9.17) is 38.4 Å². The predicted octanol–water partition coefficient (Wildman–Crippen LogP) is 4.03. The third-order valence-electron chi connectivity index (χ3n) is 2.40. The number of halogens is 2. The summed E-state index contributed by atoms with van der Waals surface area (Å²) in [5.41, 5.74) is 6.28. The number of hydrogen-bond acceptors (Lipinski definition) is 3. The third-order valence-corrected chi connectivity index (χ3v) is 2.99. The van der Waals surface area contributed by atoms with Gasteiger partial charge in [-0.25, -0.2) is 0 Å². The predicted molar refractivity (Wildman–Crippen MR) is 78.3 cm³/mol. The molecule has 0 unspecified atom stereocenters. The van der Waals surface area contributed by atoms with E-state index in [0.29, 0.717) is 34.7 Å². The van der Waals surface area contributed by atoms with E-state index >= 15 is 0 Å². The number of hydrogen-bond donors (Lipinski definition) is 1. The zero-order valence-corrected chi connectivity index (χ0v) is 11.6. The van der Waals surface area contributed by atoms with Crippen LogP contribution in [0.4, 0.5) is 5.69 Å². The molecule has 0 aromatic heterocycles. The largest absolute Gasteiger partial charge is 0.490 e. The molecule has 0 fully saturated rings. The van der Waals surface area contributed by atoms with Gasteiger partial charge in [0.2, 0.25) is 0 Å². The van der Waals surface area contributed by atoms with Gasteiger partial charge in [0.25, 0.3) is 0 Å². The molecule has 0 amide bonds. The van der Waals surface area contributed by atoms with Crippen LogP contribution in [0.15, 0.2) is 42.5 Å². The topological polar surface area (TPSA) is 44.5 Å². The minimum Gasteiger partial charge on any atom is -0.490 e. The highest BCUT2D eigenvalue weighted by atomic mass is 35.5. The molecule has 0 radical (unpaired) electrons. The molecule has 0 saturated heterocycles. The maximum absolute atomic E-state index is 5.98.